The number of benzene rings is 2. The minimum atomic E-state index is 0.0469. The van der Waals surface area contributed by atoms with Crippen LogP contribution in [0.4, 0.5) is 0 Å². The lowest BCUT2D eigenvalue weighted by Gasteiger charge is -2.14. The van der Waals surface area contributed by atoms with Crippen LogP contribution in [0.25, 0.3) is 22.6 Å². The average molecular weight is 347 g/mol. The third kappa shape index (κ3) is 3.15. The number of para-hydroxylation sites is 2. The van der Waals surface area contributed by atoms with E-state index in [1.165, 1.54) is 0 Å². The highest BCUT2D eigenvalue weighted by molar-refractivity contribution is 5.77. The molecule has 1 aromatic heterocycles. The van der Waals surface area contributed by atoms with Gasteiger partial charge in [0.2, 0.25) is 5.88 Å². The number of aromatic nitrogens is 2. The van der Waals surface area contributed by atoms with Crippen molar-refractivity contribution in [3.63, 3.8) is 0 Å². The van der Waals surface area contributed by atoms with E-state index in [1.807, 2.05) is 25.1 Å². The Morgan fingerprint density at radius 3 is 2.38 bits per heavy atom. The summed E-state index contributed by atoms with van der Waals surface area (Å²) in [5.74, 6) is 1.06. The normalized spacial score (nSPS) is 10.2. The Morgan fingerprint density at radius 2 is 1.73 bits per heavy atom. The monoisotopic (exact) mass is 347 g/mol. The minimum Gasteiger partial charge on any atom is -0.507 e. The summed E-state index contributed by atoms with van der Waals surface area (Å²) in [7, 11) is 1.56. The number of methoxy groups -OCH3 is 1. The Labute approximate surface area is 151 Å². The molecular formula is C20H17N3O3. The predicted octanol–water partition coefficient (Wildman–Crippen LogP) is 3.80. The summed E-state index contributed by atoms with van der Waals surface area (Å²) in [5, 5.41) is 19.8. The Kier molecular flexibility index (Phi) is 4.99. The highest BCUT2D eigenvalue weighted by Gasteiger charge is 2.21. The molecule has 0 aliphatic heterocycles. The third-order valence-electron chi connectivity index (χ3n) is 3.78. The molecule has 0 bridgehead atoms. The predicted molar refractivity (Wildman–Crippen MR) is 97.0 cm³/mol. The molecule has 0 aliphatic rings. The maximum Gasteiger partial charge on any atom is 0.236 e. The van der Waals surface area contributed by atoms with Crippen molar-refractivity contribution in [3.8, 4) is 46.1 Å². The second-order valence-corrected chi connectivity index (χ2v) is 5.34. The van der Waals surface area contributed by atoms with E-state index in [0.29, 0.717) is 29.2 Å². The van der Waals surface area contributed by atoms with Gasteiger partial charge in [-0.1, -0.05) is 24.3 Å². The molecule has 0 aliphatic carbocycles. The van der Waals surface area contributed by atoms with Gasteiger partial charge in [-0.15, -0.1) is 0 Å². The smallest absolute Gasteiger partial charge is 0.236 e. The van der Waals surface area contributed by atoms with Crippen molar-refractivity contribution >= 4 is 0 Å². The minimum absolute atomic E-state index is 0.0469. The fourth-order valence-electron chi connectivity index (χ4n) is 2.60. The van der Waals surface area contributed by atoms with Crippen LogP contribution >= 0.6 is 0 Å². The maximum atomic E-state index is 10.2. The lowest BCUT2D eigenvalue weighted by Crippen LogP contribution is -2.04. The Bertz CT molecular complexity index is 980. The van der Waals surface area contributed by atoms with E-state index in [-0.39, 0.29) is 23.0 Å². The fraction of sp³-hybridized carbons (Fsp3) is 0.150. The lowest BCUT2D eigenvalue weighted by atomic mass is 10.1. The molecule has 26 heavy (non-hydrogen) atoms. The van der Waals surface area contributed by atoms with E-state index in [2.05, 4.69) is 16.0 Å². The molecule has 2 aromatic carbocycles. The molecule has 130 valence electrons. The van der Waals surface area contributed by atoms with Crippen LogP contribution in [0.3, 0.4) is 0 Å². The van der Waals surface area contributed by atoms with Gasteiger partial charge in [0, 0.05) is 5.56 Å². The molecule has 3 aromatic rings. The van der Waals surface area contributed by atoms with E-state index in [4.69, 9.17) is 9.47 Å². The third-order valence-corrected chi connectivity index (χ3v) is 3.78. The summed E-state index contributed by atoms with van der Waals surface area (Å²) in [6, 6.07) is 16.2. The van der Waals surface area contributed by atoms with Crippen molar-refractivity contribution < 1.29 is 14.6 Å². The summed E-state index contributed by atoms with van der Waals surface area (Å²) < 4.78 is 11.0. The van der Waals surface area contributed by atoms with E-state index in [9.17, 15) is 10.4 Å². The lowest BCUT2D eigenvalue weighted by molar-refractivity contribution is 0.325. The molecule has 6 heteroatoms. The molecule has 1 heterocycles. The van der Waals surface area contributed by atoms with Gasteiger partial charge in [0.05, 0.1) is 25.0 Å². The zero-order valence-electron chi connectivity index (χ0n) is 14.4. The SMILES string of the molecule is CCOc1nc(-c2ccccc2O)nc(-c2ccccc2OC)c1C#N. The van der Waals surface area contributed by atoms with Crippen molar-refractivity contribution in [2.45, 2.75) is 6.92 Å². The number of rotatable bonds is 5. The van der Waals surface area contributed by atoms with E-state index >= 15 is 0 Å². The van der Waals surface area contributed by atoms with E-state index in [0.717, 1.165) is 0 Å². The molecule has 0 unspecified atom stereocenters. The molecule has 0 atom stereocenters. The van der Waals surface area contributed by atoms with Gasteiger partial charge in [-0.2, -0.15) is 10.2 Å². The largest absolute Gasteiger partial charge is 0.507 e. The second-order valence-electron chi connectivity index (χ2n) is 5.34. The number of aromatic hydroxyl groups is 1. The van der Waals surface area contributed by atoms with E-state index < -0.39 is 0 Å². The van der Waals surface area contributed by atoms with Crippen LogP contribution in [-0.4, -0.2) is 28.8 Å². The van der Waals surface area contributed by atoms with Crippen molar-refractivity contribution in [2.24, 2.45) is 0 Å². The number of hydrogen-bond acceptors (Lipinski definition) is 6. The van der Waals surface area contributed by atoms with Crippen LogP contribution in [0.5, 0.6) is 17.4 Å². The van der Waals surface area contributed by atoms with Crippen molar-refractivity contribution in [1.29, 1.82) is 5.26 Å². The van der Waals surface area contributed by atoms with Gasteiger partial charge in [-0.05, 0) is 31.2 Å². The number of nitriles is 1. The van der Waals surface area contributed by atoms with Crippen LogP contribution in [0, 0.1) is 11.3 Å². The van der Waals surface area contributed by atoms with Gasteiger partial charge in [0.1, 0.15) is 23.1 Å². The average Bonchev–Trinajstić information content (AvgIpc) is 2.68. The van der Waals surface area contributed by atoms with Crippen LogP contribution in [0.2, 0.25) is 0 Å². The quantitative estimate of drug-likeness (QED) is 0.755. The van der Waals surface area contributed by atoms with Gasteiger partial charge in [-0.3, -0.25) is 0 Å². The molecule has 0 saturated heterocycles. The van der Waals surface area contributed by atoms with Gasteiger partial charge >= 0.3 is 0 Å². The molecule has 6 nitrogen and oxygen atoms in total. The van der Waals surface area contributed by atoms with Gasteiger partial charge < -0.3 is 14.6 Å². The molecule has 0 fully saturated rings. The molecular weight excluding hydrogens is 330 g/mol. The molecule has 3 rings (SSSR count). The zero-order valence-corrected chi connectivity index (χ0v) is 14.4. The standard InChI is InChI=1S/C20H17N3O3/c1-3-26-20-15(12-21)18(14-9-5-7-11-17(14)25-2)22-19(23-20)13-8-4-6-10-16(13)24/h4-11,24H,3H2,1-2H3. The second kappa shape index (κ2) is 7.53. The summed E-state index contributed by atoms with van der Waals surface area (Å²) in [6.07, 6.45) is 0. The van der Waals surface area contributed by atoms with Gasteiger partial charge in [-0.25, -0.2) is 4.98 Å². The molecule has 0 amide bonds. The highest BCUT2D eigenvalue weighted by atomic mass is 16.5. The number of phenolic OH excluding ortho intramolecular Hbond substituents is 1. The molecule has 0 spiro atoms. The van der Waals surface area contributed by atoms with Crippen LogP contribution in [0.15, 0.2) is 48.5 Å². The van der Waals surface area contributed by atoms with Crippen LogP contribution < -0.4 is 9.47 Å². The number of hydrogen-bond donors (Lipinski definition) is 1. The first-order chi connectivity index (χ1) is 12.7. The van der Waals surface area contributed by atoms with E-state index in [1.54, 1.807) is 37.4 Å². The zero-order chi connectivity index (χ0) is 18.5. The molecule has 1 N–H and O–H groups in total. The Balaban J connectivity index is 2.32. The van der Waals surface area contributed by atoms with Gasteiger partial charge in [0.15, 0.2) is 5.82 Å². The number of phenols is 1. The van der Waals surface area contributed by atoms with Crippen molar-refractivity contribution in [2.75, 3.05) is 13.7 Å². The maximum absolute atomic E-state index is 10.2. The Morgan fingerprint density at radius 1 is 1.04 bits per heavy atom. The molecule has 0 saturated carbocycles. The summed E-state index contributed by atoms with van der Waals surface area (Å²) in [5.41, 5.74) is 1.71. The number of ether oxygens (including phenoxy) is 2. The highest BCUT2D eigenvalue weighted by Crippen LogP contribution is 2.36. The first-order valence-corrected chi connectivity index (χ1v) is 8.06. The van der Waals surface area contributed by atoms with Crippen molar-refractivity contribution in [3.05, 3.63) is 54.1 Å². The topological polar surface area (TPSA) is 88.3 Å². The molecule has 0 radical (unpaired) electrons. The summed E-state index contributed by atoms with van der Waals surface area (Å²) >= 11 is 0. The van der Waals surface area contributed by atoms with Crippen LogP contribution in [-0.2, 0) is 0 Å². The first-order valence-electron chi connectivity index (χ1n) is 8.06. The van der Waals surface area contributed by atoms with Crippen LogP contribution in [0.1, 0.15) is 12.5 Å². The first kappa shape index (κ1) is 17.2. The Hall–Kier alpha value is -3.59. The summed E-state index contributed by atoms with van der Waals surface area (Å²) in [6.45, 7) is 2.16. The fourth-order valence-corrected chi connectivity index (χ4v) is 2.60. The van der Waals surface area contributed by atoms with Crippen molar-refractivity contribution in [1.82, 2.24) is 9.97 Å². The van der Waals surface area contributed by atoms with Gasteiger partial charge in [0.25, 0.3) is 0 Å². The summed E-state index contributed by atoms with van der Waals surface area (Å²) in [4.78, 5) is 8.89. The number of nitrogens with zero attached hydrogens (tertiary/aromatic N) is 3.